The molecule has 0 aromatic heterocycles. The summed E-state index contributed by atoms with van der Waals surface area (Å²) in [5.74, 6) is -0.483. The second-order valence-electron chi connectivity index (χ2n) is 3.44. The van der Waals surface area contributed by atoms with E-state index in [4.69, 9.17) is 11.6 Å². The van der Waals surface area contributed by atoms with Crippen molar-refractivity contribution in [3.63, 3.8) is 0 Å². The van der Waals surface area contributed by atoms with Gasteiger partial charge in [-0.15, -0.1) is 0 Å². The Labute approximate surface area is 110 Å². The fourth-order valence-electron chi connectivity index (χ4n) is 1.19. The van der Waals surface area contributed by atoms with Gasteiger partial charge in [0.25, 0.3) is 5.91 Å². The summed E-state index contributed by atoms with van der Waals surface area (Å²) in [5.41, 5.74) is 2.82. The lowest BCUT2D eigenvalue weighted by molar-refractivity contribution is -0.120. The number of hydrogen-bond acceptors (Lipinski definition) is 3. The van der Waals surface area contributed by atoms with Crippen molar-refractivity contribution in [2.24, 2.45) is 5.10 Å². The zero-order valence-electron chi connectivity index (χ0n) is 9.94. The first-order chi connectivity index (χ1) is 8.63. The van der Waals surface area contributed by atoms with Crippen LogP contribution in [0.1, 0.15) is 23.7 Å². The molecule has 0 aliphatic carbocycles. The molecule has 2 amide bonds. The quantitative estimate of drug-likeness (QED) is 0.628. The molecule has 0 saturated heterocycles. The molecular formula is C12H14ClN3O2. The van der Waals surface area contributed by atoms with Crippen molar-refractivity contribution in [2.75, 3.05) is 6.54 Å². The van der Waals surface area contributed by atoms with Crippen LogP contribution < -0.4 is 10.7 Å². The van der Waals surface area contributed by atoms with Gasteiger partial charge in [0.05, 0.1) is 0 Å². The molecule has 18 heavy (non-hydrogen) atoms. The van der Waals surface area contributed by atoms with Crippen LogP contribution in [-0.4, -0.2) is 24.6 Å². The van der Waals surface area contributed by atoms with Gasteiger partial charge in [0.1, 0.15) is 0 Å². The largest absolute Gasteiger partial charge is 0.352 e. The van der Waals surface area contributed by atoms with E-state index in [2.05, 4.69) is 15.8 Å². The van der Waals surface area contributed by atoms with Crippen molar-refractivity contribution >= 4 is 29.6 Å². The van der Waals surface area contributed by atoms with Gasteiger partial charge in [0, 0.05) is 29.8 Å². The van der Waals surface area contributed by atoms with Crippen molar-refractivity contribution in [1.82, 2.24) is 10.7 Å². The number of hydrogen-bond donors (Lipinski definition) is 2. The number of benzene rings is 1. The van der Waals surface area contributed by atoms with E-state index in [1.165, 1.54) is 6.21 Å². The molecule has 0 fully saturated rings. The maximum Gasteiger partial charge on any atom is 0.251 e. The number of halogens is 1. The molecule has 0 heterocycles. The molecule has 0 saturated carbocycles. The summed E-state index contributed by atoms with van der Waals surface area (Å²) in [5, 5.41) is 6.79. The van der Waals surface area contributed by atoms with Crippen LogP contribution in [0.4, 0.5) is 0 Å². The Balaban J connectivity index is 2.33. The highest BCUT2D eigenvalue weighted by Gasteiger charge is 2.05. The average molecular weight is 268 g/mol. The van der Waals surface area contributed by atoms with Gasteiger partial charge < -0.3 is 5.32 Å². The number of amides is 2. The highest BCUT2D eigenvalue weighted by atomic mass is 35.5. The molecule has 1 rings (SSSR count). The fourth-order valence-corrected chi connectivity index (χ4v) is 1.31. The molecule has 0 spiro atoms. The smallest absolute Gasteiger partial charge is 0.251 e. The van der Waals surface area contributed by atoms with E-state index in [0.29, 0.717) is 10.6 Å². The summed E-state index contributed by atoms with van der Waals surface area (Å²) in [6.07, 6.45) is 1.65. The Bertz CT molecular complexity index is 443. The van der Waals surface area contributed by atoms with E-state index in [0.717, 1.165) is 0 Å². The molecule has 2 N–H and O–H groups in total. The van der Waals surface area contributed by atoms with Crippen molar-refractivity contribution in [1.29, 1.82) is 0 Å². The molecule has 0 unspecified atom stereocenters. The van der Waals surface area contributed by atoms with Crippen LogP contribution in [0.3, 0.4) is 0 Å². The highest BCUT2D eigenvalue weighted by molar-refractivity contribution is 6.30. The Morgan fingerprint density at radius 2 is 2.00 bits per heavy atom. The Hall–Kier alpha value is -1.88. The van der Waals surface area contributed by atoms with Crippen LogP contribution in [0.2, 0.25) is 5.02 Å². The van der Waals surface area contributed by atoms with Gasteiger partial charge in [-0.25, -0.2) is 5.43 Å². The van der Waals surface area contributed by atoms with E-state index in [-0.39, 0.29) is 24.8 Å². The molecule has 96 valence electrons. The van der Waals surface area contributed by atoms with Crippen molar-refractivity contribution < 1.29 is 9.59 Å². The van der Waals surface area contributed by atoms with Crippen LogP contribution in [-0.2, 0) is 4.79 Å². The molecule has 0 bridgehead atoms. The van der Waals surface area contributed by atoms with Crippen molar-refractivity contribution in [3.05, 3.63) is 34.9 Å². The molecule has 0 atom stereocenters. The number of carbonyl (C=O) groups is 2. The lowest BCUT2D eigenvalue weighted by atomic mass is 10.2. The second-order valence-corrected chi connectivity index (χ2v) is 3.87. The molecule has 5 nitrogen and oxygen atoms in total. The van der Waals surface area contributed by atoms with Gasteiger partial charge in [-0.05, 0) is 31.2 Å². The van der Waals surface area contributed by atoms with Gasteiger partial charge in [-0.1, -0.05) is 11.6 Å². The van der Waals surface area contributed by atoms with Crippen LogP contribution in [0.25, 0.3) is 0 Å². The van der Waals surface area contributed by atoms with Crippen molar-refractivity contribution in [3.8, 4) is 0 Å². The normalized spacial score (nSPS) is 10.3. The monoisotopic (exact) mass is 267 g/mol. The standard InChI is InChI=1S/C12H14ClN3O2/c1-2-15-16-11(17)7-8-14-12(18)9-3-5-10(13)6-4-9/h2-6H,7-8H2,1H3,(H,14,18)(H,16,17)/b15-2-. The van der Waals surface area contributed by atoms with E-state index in [1.54, 1.807) is 31.2 Å². The Morgan fingerprint density at radius 1 is 1.33 bits per heavy atom. The Morgan fingerprint density at radius 3 is 2.61 bits per heavy atom. The predicted molar refractivity (Wildman–Crippen MR) is 70.7 cm³/mol. The van der Waals surface area contributed by atoms with Gasteiger partial charge in [-0.2, -0.15) is 5.10 Å². The van der Waals surface area contributed by atoms with Crippen LogP contribution >= 0.6 is 11.6 Å². The van der Waals surface area contributed by atoms with Crippen LogP contribution in [0.15, 0.2) is 29.4 Å². The minimum absolute atomic E-state index is 0.177. The Kier molecular flexibility index (Phi) is 5.87. The number of nitrogens with one attached hydrogen (secondary N) is 2. The van der Waals surface area contributed by atoms with E-state index in [1.807, 2.05) is 0 Å². The molecule has 0 aliphatic heterocycles. The molecule has 0 aliphatic rings. The first-order valence-electron chi connectivity index (χ1n) is 5.43. The summed E-state index contributed by atoms with van der Waals surface area (Å²) in [6, 6.07) is 6.52. The first-order valence-corrected chi connectivity index (χ1v) is 5.81. The summed E-state index contributed by atoms with van der Waals surface area (Å²) in [6.45, 7) is 1.95. The predicted octanol–water partition coefficient (Wildman–Crippen LogP) is 1.58. The molecule has 1 aromatic rings. The van der Waals surface area contributed by atoms with Crippen molar-refractivity contribution in [2.45, 2.75) is 13.3 Å². The molecule has 1 aromatic carbocycles. The summed E-state index contributed by atoms with van der Waals surface area (Å²) in [4.78, 5) is 22.8. The van der Waals surface area contributed by atoms with Crippen LogP contribution in [0, 0.1) is 0 Å². The van der Waals surface area contributed by atoms with E-state index in [9.17, 15) is 9.59 Å². The van der Waals surface area contributed by atoms with Gasteiger partial charge in [0.15, 0.2) is 0 Å². The molecule has 6 heteroatoms. The summed E-state index contributed by atoms with van der Waals surface area (Å²) < 4.78 is 0. The maximum absolute atomic E-state index is 11.6. The third-order valence-electron chi connectivity index (χ3n) is 2.06. The fraction of sp³-hybridized carbons (Fsp3) is 0.250. The lowest BCUT2D eigenvalue weighted by Crippen LogP contribution is -2.28. The number of carbonyl (C=O) groups excluding carboxylic acids is 2. The first kappa shape index (κ1) is 14.2. The highest BCUT2D eigenvalue weighted by Crippen LogP contribution is 2.09. The zero-order valence-corrected chi connectivity index (χ0v) is 10.7. The molecular weight excluding hydrogens is 254 g/mol. The second kappa shape index (κ2) is 7.45. The number of hydrazone groups is 1. The third kappa shape index (κ3) is 4.97. The lowest BCUT2D eigenvalue weighted by Gasteiger charge is -2.04. The van der Waals surface area contributed by atoms with Gasteiger partial charge in [-0.3, -0.25) is 9.59 Å². The van der Waals surface area contributed by atoms with Crippen LogP contribution in [0.5, 0.6) is 0 Å². The van der Waals surface area contributed by atoms with E-state index >= 15 is 0 Å². The minimum atomic E-state index is -0.246. The zero-order chi connectivity index (χ0) is 13.4. The third-order valence-corrected chi connectivity index (χ3v) is 2.31. The van der Waals surface area contributed by atoms with Gasteiger partial charge in [0.2, 0.25) is 5.91 Å². The topological polar surface area (TPSA) is 70.6 Å². The minimum Gasteiger partial charge on any atom is -0.352 e. The summed E-state index contributed by atoms with van der Waals surface area (Å²) in [7, 11) is 0. The SMILES string of the molecule is C/C=N\NC(=O)CCNC(=O)c1ccc(Cl)cc1. The van der Waals surface area contributed by atoms with E-state index < -0.39 is 0 Å². The maximum atomic E-state index is 11.6. The number of rotatable bonds is 5. The average Bonchev–Trinajstić information content (AvgIpc) is 2.37. The van der Waals surface area contributed by atoms with Gasteiger partial charge >= 0.3 is 0 Å². The number of nitrogens with zero attached hydrogens (tertiary/aromatic N) is 1. The summed E-state index contributed by atoms with van der Waals surface area (Å²) >= 11 is 5.71. The molecule has 0 radical (unpaired) electrons.